The van der Waals surface area contributed by atoms with E-state index in [-0.39, 0.29) is 28.3 Å². The molecule has 0 bridgehead atoms. The smallest absolute Gasteiger partial charge is 0.344 e. The van der Waals surface area contributed by atoms with Gasteiger partial charge in [0.25, 0.3) is 0 Å². The van der Waals surface area contributed by atoms with E-state index in [0.717, 1.165) is 0 Å². The molecular weight excluding hydrogens is 374 g/mol. The van der Waals surface area contributed by atoms with Crippen molar-refractivity contribution in [3.05, 3.63) is 46.8 Å². The van der Waals surface area contributed by atoms with Crippen molar-refractivity contribution >= 4 is 31.9 Å². The van der Waals surface area contributed by atoms with Gasteiger partial charge in [0.05, 0.1) is 18.6 Å². The van der Waals surface area contributed by atoms with E-state index < -0.39 is 15.7 Å². The molecule has 3 aromatic rings. The van der Waals surface area contributed by atoms with E-state index in [1.54, 1.807) is 17.0 Å². The van der Waals surface area contributed by atoms with E-state index in [0.29, 0.717) is 37.1 Å². The van der Waals surface area contributed by atoms with Gasteiger partial charge in [-0.2, -0.15) is 8.42 Å². The van der Waals surface area contributed by atoms with E-state index in [1.807, 2.05) is 0 Å². The first-order chi connectivity index (χ1) is 12.9. The van der Waals surface area contributed by atoms with Gasteiger partial charge < -0.3 is 18.4 Å². The third-order valence-electron chi connectivity index (χ3n) is 4.34. The highest BCUT2D eigenvalue weighted by Gasteiger charge is 2.21. The van der Waals surface area contributed by atoms with Crippen LogP contribution < -0.4 is 9.81 Å². The highest BCUT2D eigenvalue weighted by Crippen LogP contribution is 2.28. The summed E-state index contributed by atoms with van der Waals surface area (Å²) in [4.78, 5) is 13.9. The SMILES string of the molecule is O=c1oc2cc(OS(=O)(=O)CN3CCOCC3)ccc2c2ccc(O)cc12. The molecule has 2 heterocycles. The molecule has 1 N–H and O–H groups in total. The van der Waals surface area contributed by atoms with E-state index in [1.165, 1.54) is 24.3 Å². The van der Waals surface area contributed by atoms with Gasteiger partial charge in [0, 0.05) is 29.9 Å². The van der Waals surface area contributed by atoms with Crippen molar-refractivity contribution in [1.82, 2.24) is 4.90 Å². The summed E-state index contributed by atoms with van der Waals surface area (Å²) in [5, 5.41) is 11.0. The molecule has 1 aliphatic rings. The van der Waals surface area contributed by atoms with Crippen LogP contribution in [-0.2, 0) is 14.9 Å². The zero-order valence-corrected chi connectivity index (χ0v) is 15.1. The molecule has 1 fully saturated rings. The Morgan fingerprint density at radius 1 is 1.04 bits per heavy atom. The maximum atomic E-state index is 12.3. The molecule has 0 atom stereocenters. The Balaban J connectivity index is 1.66. The van der Waals surface area contributed by atoms with E-state index in [2.05, 4.69) is 0 Å². The lowest BCUT2D eigenvalue weighted by Crippen LogP contribution is -2.40. The summed E-state index contributed by atoms with van der Waals surface area (Å²) in [6, 6.07) is 8.92. The Labute approximate surface area is 154 Å². The normalized spacial score (nSPS) is 16.0. The van der Waals surface area contributed by atoms with Gasteiger partial charge >= 0.3 is 15.7 Å². The Hall–Kier alpha value is -2.62. The Kier molecular flexibility index (Phi) is 4.50. The second-order valence-corrected chi connectivity index (χ2v) is 7.82. The largest absolute Gasteiger partial charge is 0.508 e. The van der Waals surface area contributed by atoms with Crippen LogP contribution in [0.4, 0.5) is 0 Å². The number of rotatable bonds is 4. The van der Waals surface area contributed by atoms with Gasteiger partial charge in [-0.05, 0) is 30.3 Å². The molecule has 0 spiro atoms. The number of nitrogens with zero attached hydrogens (tertiary/aromatic N) is 1. The molecule has 1 aromatic heterocycles. The number of fused-ring (bicyclic) bond motifs is 3. The van der Waals surface area contributed by atoms with Crippen LogP contribution >= 0.6 is 0 Å². The highest BCUT2D eigenvalue weighted by atomic mass is 32.2. The molecule has 0 amide bonds. The summed E-state index contributed by atoms with van der Waals surface area (Å²) >= 11 is 0. The third kappa shape index (κ3) is 3.75. The Morgan fingerprint density at radius 2 is 1.78 bits per heavy atom. The van der Waals surface area contributed by atoms with Gasteiger partial charge in [-0.15, -0.1) is 0 Å². The van der Waals surface area contributed by atoms with Crippen molar-refractivity contribution < 1.29 is 26.9 Å². The molecule has 9 heteroatoms. The third-order valence-corrected chi connectivity index (χ3v) is 5.46. The summed E-state index contributed by atoms with van der Waals surface area (Å²) in [7, 11) is -3.84. The second-order valence-electron chi connectivity index (χ2n) is 6.28. The average Bonchev–Trinajstić information content (AvgIpc) is 2.62. The number of aromatic hydroxyl groups is 1. The van der Waals surface area contributed by atoms with Gasteiger partial charge in [0.2, 0.25) is 0 Å². The van der Waals surface area contributed by atoms with E-state index >= 15 is 0 Å². The molecular formula is C18H17NO7S. The molecule has 0 radical (unpaired) electrons. The molecule has 8 nitrogen and oxygen atoms in total. The molecule has 142 valence electrons. The first kappa shape index (κ1) is 17.8. The lowest BCUT2D eigenvalue weighted by Gasteiger charge is -2.25. The van der Waals surface area contributed by atoms with Crippen molar-refractivity contribution in [3.8, 4) is 11.5 Å². The maximum Gasteiger partial charge on any atom is 0.344 e. The van der Waals surface area contributed by atoms with Gasteiger partial charge in [-0.1, -0.05) is 0 Å². The van der Waals surface area contributed by atoms with Crippen molar-refractivity contribution in [3.63, 3.8) is 0 Å². The molecule has 0 aliphatic carbocycles. The fraction of sp³-hybridized carbons (Fsp3) is 0.278. The van der Waals surface area contributed by atoms with Crippen LogP contribution in [0.5, 0.6) is 11.5 Å². The monoisotopic (exact) mass is 391 g/mol. The van der Waals surface area contributed by atoms with Gasteiger partial charge in [0.1, 0.15) is 23.0 Å². The van der Waals surface area contributed by atoms with Crippen LogP contribution in [0.3, 0.4) is 0 Å². The number of ether oxygens (including phenoxy) is 1. The number of benzene rings is 2. The predicted octanol–water partition coefficient (Wildman–Crippen LogP) is 1.65. The molecule has 1 aliphatic heterocycles. The van der Waals surface area contributed by atoms with Crippen LogP contribution in [0.15, 0.2) is 45.6 Å². The lowest BCUT2D eigenvalue weighted by molar-refractivity contribution is 0.0458. The summed E-state index contributed by atoms with van der Waals surface area (Å²) in [5.74, 6) is -0.213. The zero-order valence-electron chi connectivity index (χ0n) is 14.3. The van der Waals surface area contributed by atoms with Crippen molar-refractivity contribution in [2.75, 3.05) is 32.2 Å². The van der Waals surface area contributed by atoms with Crippen LogP contribution in [0.1, 0.15) is 0 Å². The zero-order chi connectivity index (χ0) is 19.0. The summed E-state index contributed by atoms with van der Waals surface area (Å²) in [6.45, 7) is 2.01. The highest BCUT2D eigenvalue weighted by molar-refractivity contribution is 7.87. The van der Waals surface area contributed by atoms with Gasteiger partial charge in [0.15, 0.2) is 0 Å². The van der Waals surface area contributed by atoms with Crippen LogP contribution in [-0.4, -0.2) is 50.6 Å². The van der Waals surface area contributed by atoms with Crippen LogP contribution in [0.2, 0.25) is 0 Å². The number of hydrogen-bond donors (Lipinski definition) is 1. The fourth-order valence-corrected chi connectivity index (χ4v) is 4.23. The minimum atomic E-state index is -3.84. The lowest BCUT2D eigenvalue weighted by atomic mass is 10.1. The minimum absolute atomic E-state index is 0.0386. The summed E-state index contributed by atoms with van der Waals surface area (Å²) in [6.07, 6.45) is 0. The molecule has 4 rings (SSSR count). The average molecular weight is 391 g/mol. The maximum absolute atomic E-state index is 12.3. The topological polar surface area (TPSA) is 106 Å². The number of phenolic OH excluding ortho intramolecular Hbond substituents is 1. The first-order valence-electron chi connectivity index (χ1n) is 8.33. The number of hydrogen-bond acceptors (Lipinski definition) is 8. The molecule has 0 unspecified atom stereocenters. The molecule has 0 saturated carbocycles. The standard InChI is InChI=1S/C18H17NO7S/c20-12-1-3-14-15-4-2-13(10-17(15)25-18(21)16(14)9-12)26-27(22,23)11-19-5-7-24-8-6-19/h1-4,9-10,20H,5-8,11H2. The fourth-order valence-electron chi connectivity index (χ4n) is 3.08. The summed E-state index contributed by atoms with van der Waals surface area (Å²) in [5.41, 5.74) is -0.418. The number of morpholine rings is 1. The quantitative estimate of drug-likeness (QED) is 0.407. The minimum Gasteiger partial charge on any atom is -0.508 e. The van der Waals surface area contributed by atoms with Crippen LogP contribution in [0.25, 0.3) is 21.7 Å². The first-order valence-corrected chi connectivity index (χ1v) is 9.91. The molecule has 27 heavy (non-hydrogen) atoms. The van der Waals surface area contributed by atoms with Crippen molar-refractivity contribution in [2.24, 2.45) is 0 Å². The van der Waals surface area contributed by atoms with E-state index in [4.69, 9.17) is 13.3 Å². The van der Waals surface area contributed by atoms with Crippen LogP contribution in [0, 0.1) is 0 Å². The Morgan fingerprint density at radius 3 is 2.56 bits per heavy atom. The molecule has 2 aromatic carbocycles. The summed E-state index contributed by atoms with van der Waals surface area (Å²) < 4.78 is 40.2. The van der Waals surface area contributed by atoms with Crippen molar-refractivity contribution in [2.45, 2.75) is 0 Å². The van der Waals surface area contributed by atoms with Gasteiger partial charge in [-0.25, -0.2) is 4.79 Å². The molecule has 1 saturated heterocycles. The number of phenols is 1. The van der Waals surface area contributed by atoms with Crippen molar-refractivity contribution in [1.29, 1.82) is 0 Å². The van der Waals surface area contributed by atoms with Gasteiger partial charge in [-0.3, -0.25) is 4.90 Å². The second kappa shape index (κ2) is 6.84. The van der Waals surface area contributed by atoms with E-state index in [9.17, 15) is 18.3 Å². The Bertz CT molecular complexity index is 1160. The predicted molar refractivity (Wildman–Crippen MR) is 98.5 cm³/mol.